The zero-order valence-electron chi connectivity index (χ0n) is 22.7. The maximum atomic E-state index is 13.5. The van der Waals surface area contributed by atoms with Crippen LogP contribution in [0.1, 0.15) is 41.7 Å². The number of nitrogens with zero attached hydrogens (tertiary/aromatic N) is 3. The van der Waals surface area contributed by atoms with Crippen molar-refractivity contribution >= 4 is 40.9 Å². The molecule has 2 heterocycles. The summed E-state index contributed by atoms with van der Waals surface area (Å²) >= 11 is 12.4. The summed E-state index contributed by atoms with van der Waals surface area (Å²) in [5.41, 5.74) is 8.69. The topological polar surface area (TPSA) is 132 Å². The lowest BCUT2D eigenvalue weighted by molar-refractivity contribution is -0.131. The summed E-state index contributed by atoms with van der Waals surface area (Å²) in [6, 6.07) is 18.5. The monoisotopic (exact) mass is 604 g/mol. The van der Waals surface area contributed by atoms with E-state index in [4.69, 9.17) is 28.9 Å². The van der Waals surface area contributed by atoms with Gasteiger partial charge in [0.1, 0.15) is 6.04 Å². The Labute approximate surface area is 253 Å². The van der Waals surface area contributed by atoms with Crippen LogP contribution in [0.15, 0.2) is 79.1 Å². The van der Waals surface area contributed by atoms with Crippen LogP contribution in [0.3, 0.4) is 0 Å². The van der Waals surface area contributed by atoms with Gasteiger partial charge >= 0.3 is 0 Å². The molecule has 3 atom stereocenters. The predicted molar refractivity (Wildman–Crippen MR) is 161 cm³/mol. The maximum Gasteiger partial charge on any atom is 0.272 e. The minimum Gasteiger partial charge on any atom is -0.368 e. The Morgan fingerprint density at radius 3 is 2.48 bits per heavy atom. The summed E-state index contributed by atoms with van der Waals surface area (Å²) in [6.07, 6.45) is 6.51. The molecule has 0 saturated heterocycles. The van der Waals surface area contributed by atoms with E-state index < -0.39 is 29.8 Å². The van der Waals surface area contributed by atoms with Gasteiger partial charge in [0.15, 0.2) is 5.69 Å². The number of halogens is 2. The van der Waals surface area contributed by atoms with Crippen LogP contribution in [-0.2, 0) is 16.0 Å². The normalized spacial score (nSPS) is 17.3. The van der Waals surface area contributed by atoms with E-state index >= 15 is 0 Å². The number of primary amides is 1. The Balaban J connectivity index is 1.36. The molecule has 11 heteroatoms. The molecule has 216 valence electrons. The average molecular weight is 606 g/mol. The van der Waals surface area contributed by atoms with Crippen molar-refractivity contribution < 1.29 is 14.4 Å². The van der Waals surface area contributed by atoms with Crippen LogP contribution in [-0.4, -0.2) is 44.6 Å². The van der Waals surface area contributed by atoms with Crippen LogP contribution < -0.4 is 16.4 Å². The first-order valence-corrected chi connectivity index (χ1v) is 14.5. The standard InChI is InChI=1S/C31H30Cl2N6O3/c32-23-13-12-21(16-24(23)33)39-28(20-9-6-14-35-18-20)17-27(38-39)31(42)36-25-11-5-4-10-22(25)30(41)37-26(29(34)40)15-19-7-2-1-3-8-19/h1-3,6-9,12-14,16-18,22,25-26H,4-5,10-11,15H2,(H2,34,40)(H,36,42)(H,37,41)/t22-,25+,26+/m1/s1. The van der Waals surface area contributed by atoms with Gasteiger partial charge in [-0.05, 0) is 54.8 Å². The molecule has 3 amide bonds. The number of carbonyl (C=O) groups excluding carboxylic acids is 3. The number of benzene rings is 2. The Morgan fingerprint density at radius 1 is 0.976 bits per heavy atom. The minimum absolute atomic E-state index is 0.170. The fourth-order valence-corrected chi connectivity index (χ4v) is 5.53. The second kappa shape index (κ2) is 13.2. The highest BCUT2D eigenvalue weighted by molar-refractivity contribution is 6.42. The highest BCUT2D eigenvalue weighted by atomic mass is 35.5. The largest absolute Gasteiger partial charge is 0.368 e. The Bertz CT molecular complexity index is 1580. The summed E-state index contributed by atoms with van der Waals surface area (Å²) in [6.45, 7) is 0. The van der Waals surface area contributed by atoms with Gasteiger partial charge in [0.2, 0.25) is 11.8 Å². The van der Waals surface area contributed by atoms with Gasteiger partial charge < -0.3 is 16.4 Å². The minimum atomic E-state index is -0.859. The average Bonchev–Trinajstić information content (AvgIpc) is 3.45. The van der Waals surface area contributed by atoms with Crippen molar-refractivity contribution in [3.63, 3.8) is 0 Å². The first kappa shape index (κ1) is 29.3. The molecule has 1 aliphatic carbocycles. The lowest BCUT2D eigenvalue weighted by Gasteiger charge is -2.32. The van der Waals surface area contributed by atoms with E-state index in [1.165, 1.54) is 0 Å². The van der Waals surface area contributed by atoms with E-state index in [1.807, 2.05) is 36.4 Å². The zero-order chi connectivity index (χ0) is 29.6. The number of nitrogens with two attached hydrogens (primary N) is 1. The summed E-state index contributed by atoms with van der Waals surface area (Å²) in [7, 11) is 0. The highest BCUT2D eigenvalue weighted by Gasteiger charge is 2.34. The fourth-order valence-electron chi connectivity index (χ4n) is 5.24. The van der Waals surface area contributed by atoms with E-state index in [-0.39, 0.29) is 18.0 Å². The van der Waals surface area contributed by atoms with Gasteiger partial charge in [0.05, 0.1) is 27.3 Å². The van der Waals surface area contributed by atoms with Crippen molar-refractivity contribution in [2.24, 2.45) is 11.7 Å². The number of aromatic nitrogens is 3. The molecule has 1 aliphatic rings. The van der Waals surface area contributed by atoms with Gasteiger partial charge in [-0.2, -0.15) is 5.10 Å². The van der Waals surface area contributed by atoms with E-state index in [0.29, 0.717) is 34.3 Å². The van der Waals surface area contributed by atoms with Gasteiger partial charge in [0, 0.05) is 30.4 Å². The first-order chi connectivity index (χ1) is 20.3. The van der Waals surface area contributed by atoms with Crippen molar-refractivity contribution in [2.45, 2.75) is 44.2 Å². The molecule has 4 aromatic rings. The summed E-state index contributed by atoms with van der Waals surface area (Å²) in [5.74, 6) is -1.86. The summed E-state index contributed by atoms with van der Waals surface area (Å²) < 4.78 is 1.61. The van der Waals surface area contributed by atoms with E-state index in [2.05, 4.69) is 20.7 Å². The molecular formula is C31H30Cl2N6O3. The maximum absolute atomic E-state index is 13.5. The molecule has 9 nitrogen and oxygen atoms in total. The van der Waals surface area contributed by atoms with Crippen molar-refractivity contribution in [1.82, 2.24) is 25.4 Å². The van der Waals surface area contributed by atoms with Gasteiger partial charge in [-0.3, -0.25) is 19.4 Å². The third-order valence-corrected chi connectivity index (χ3v) is 8.15. The van der Waals surface area contributed by atoms with Crippen molar-refractivity contribution in [3.8, 4) is 16.9 Å². The second-order valence-corrected chi connectivity index (χ2v) is 11.1. The number of carbonyl (C=O) groups is 3. The van der Waals surface area contributed by atoms with E-state index in [1.54, 1.807) is 47.4 Å². The molecule has 2 aromatic carbocycles. The van der Waals surface area contributed by atoms with Crippen LogP contribution in [0.25, 0.3) is 16.9 Å². The van der Waals surface area contributed by atoms with E-state index in [9.17, 15) is 14.4 Å². The van der Waals surface area contributed by atoms with Gasteiger partial charge in [-0.25, -0.2) is 4.68 Å². The molecule has 42 heavy (non-hydrogen) atoms. The molecular weight excluding hydrogens is 575 g/mol. The number of amides is 3. The molecule has 1 fully saturated rings. The Hall–Kier alpha value is -4.21. The van der Waals surface area contributed by atoms with Crippen molar-refractivity contribution in [1.29, 1.82) is 0 Å². The van der Waals surface area contributed by atoms with Gasteiger partial charge in [-0.15, -0.1) is 0 Å². The SMILES string of the molecule is NC(=O)[C@H](Cc1ccccc1)NC(=O)[C@@H]1CCCC[C@@H]1NC(=O)c1cc(-c2cccnc2)n(-c2ccc(Cl)c(Cl)c2)n1. The smallest absolute Gasteiger partial charge is 0.272 e. The molecule has 0 unspecified atom stereocenters. The quantitative estimate of drug-likeness (QED) is 0.254. The van der Waals surface area contributed by atoms with Crippen LogP contribution in [0.5, 0.6) is 0 Å². The van der Waals surface area contributed by atoms with Crippen LogP contribution >= 0.6 is 23.2 Å². The molecule has 0 radical (unpaired) electrons. The molecule has 0 aliphatic heterocycles. The Kier molecular flexibility index (Phi) is 9.19. The van der Waals surface area contributed by atoms with Crippen molar-refractivity contribution in [3.05, 3.63) is 100 Å². The number of pyridine rings is 1. The molecule has 4 N–H and O–H groups in total. The third-order valence-electron chi connectivity index (χ3n) is 7.41. The molecule has 5 rings (SSSR count). The summed E-state index contributed by atoms with van der Waals surface area (Å²) in [5, 5.41) is 11.2. The number of rotatable bonds is 9. The molecule has 2 aromatic heterocycles. The lowest BCUT2D eigenvalue weighted by atomic mass is 9.83. The lowest BCUT2D eigenvalue weighted by Crippen LogP contribution is -2.53. The molecule has 0 bridgehead atoms. The van der Waals surface area contributed by atoms with Crippen molar-refractivity contribution in [2.75, 3.05) is 0 Å². The number of nitrogens with one attached hydrogen (secondary N) is 2. The van der Waals surface area contributed by atoms with Crippen LogP contribution in [0, 0.1) is 5.92 Å². The van der Waals surface area contributed by atoms with Gasteiger partial charge in [-0.1, -0.05) is 66.4 Å². The van der Waals surface area contributed by atoms with Crippen LogP contribution in [0.4, 0.5) is 0 Å². The fraction of sp³-hybridized carbons (Fsp3) is 0.258. The first-order valence-electron chi connectivity index (χ1n) is 13.7. The third kappa shape index (κ3) is 6.80. The zero-order valence-corrected chi connectivity index (χ0v) is 24.2. The van der Waals surface area contributed by atoms with Gasteiger partial charge in [0.25, 0.3) is 5.91 Å². The second-order valence-electron chi connectivity index (χ2n) is 10.3. The predicted octanol–water partition coefficient (Wildman–Crippen LogP) is 4.74. The molecule has 0 spiro atoms. The Morgan fingerprint density at radius 2 is 1.76 bits per heavy atom. The molecule has 1 saturated carbocycles. The van der Waals surface area contributed by atoms with E-state index in [0.717, 1.165) is 24.0 Å². The van der Waals surface area contributed by atoms with Crippen LogP contribution in [0.2, 0.25) is 10.0 Å². The number of hydrogen-bond acceptors (Lipinski definition) is 5. The highest BCUT2D eigenvalue weighted by Crippen LogP contribution is 2.29. The summed E-state index contributed by atoms with van der Waals surface area (Å²) in [4.78, 5) is 43.3. The number of hydrogen-bond donors (Lipinski definition) is 3.